The van der Waals surface area contributed by atoms with E-state index >= 15 is 0 Å². The van der Waals surface area contributed by atoms with Crippen LogP contribution in [0, 0.1) is 0 Å². The summed E-state index contributed by atoms with van der Waals surface area (Å²) in [7, 11) is 0. The second-order valence-corrected chi connectivity index (χ2v) is 22.2. The molecule has 3 heteroatoms. The van der Waals surface area contributed by atoms with Crippen LogP contribution < -0.4 is 14.4 Å². The van der Waals surface area contributed by atoms with Crippen molar-refractivity contribution in [2.24, 2.45) is 0 Å². The van der Waals surface area contributed by atoms with Crippen LogP contribution in [0.1, 0.15) is 44.5 Å². The van der Waals surface area contributed by atoms with Crippen LogP contribution in [0.25, 0.3) is 66.8 Å². The highest BCUT2D eigenvalue weighted by Crippen LogP contribution is 2.64. The zero-order valence-electron chi connectivity index (χ0n) is 45.2. The molecule has 0 N–H and O–H groups in total. The SMILES string of the molecule is c1ccc(-c2cccc(-c3ccc(N(c4ccc(-c5ccc6c(c5)-c5ccccc5C65c6ccccc6Oc6ccccc65)cc4)c4cccc(-c5ccc6c(c5)-c5ccccc5C65c6ccccc6Oc6ccccc65)c4)cc3)c2)cc1. The highest BCUT2D eigenvalue weighted by molar-refractivity contribution is 5.93. The largest absolute Gasteiger partial charge is 0.457 e. The molecule has 0 amide bonds. The monoisotopic (exact) mass is 1060 g/mol. The third-order valence-corrected chi connectivity index (χ3v) is 18.0. The van der Waals surface area contributed by atoms with Gasteiger partial charge in [0.1, 0.15) is 23.0 Å². The van der Waals surface area contributed by atoms with Crippen molar-refractivity contribution >= 4 is 17.1 Å². The minimum Gasteiger partial charge on any atom is -0.457 e. The molecule has 388 valence electrons. The van der Waals surface area contributed by atoms with Crippen molar-refractivity contribution in [2.75, 3.05) is 4.90 Å². The highest BCUT2D eigenvalue weighted by Gasteiger charge is 2.52. The lowest BCUT2D eigenvalue weighted by Gasteiger charge is -2.39. The van der Waals surface area contributed by atoms with Crippen molar-refractivity contribution in [2.45, 2.75) is 10.8 Å². The third-order valence-electron chi connectivity index (χ3n) is 18.0. The van der Waals surface area contributed by atoms with E-state index in [4.69, 9.17) is 9.47 Å². The van der Waals surface area contributed by atoms with Gasteiger partial charge in [0.05, 0.1) is 10.8 Å². The zero-order chi connectivity index (χ0) is 54.6. The number of rotatable bonds is 7. The van der Waals surface area contributed by atoms with E-state index < -0.39 is 10.8 Å². The van der Waals surface area contributed by atoms with Gasteiger partial charge in [0.2, 0.25) is 0 Å². The van der Waals surface area contributed by atoms with Gasteiger partial charge < -0.3 is 14.4 Å². The van der Waals surface area contributed by atoms with E-state index in [-0.39, 0.29) is 0 Å². The molecule has 3 nitrogen and oxygen atoms in total. The van der Waals surface area contributed by atoms with E-state index in [0.717, 1.165) is 62.3 Å². The van der Waals surface area contributed by atoms with Crippen LogP contribution in [0.4, 0.5) is 17.1 Å². The first-order valence-corrected chi connectivity index (χ1v) is 28.6. The minimum atomic E-state index is -0.522. The maximum absolute atomic E-state index is 6.63. The second kappa shape index (κ2) is 18.4. The smallest absolute Gasteiger partial charge is 0.132 e. The fourth-order valence-corrected chi connectivity index (χ4v) is 14.5. The molecule has 0 radical (unpaired) electrons. The molecule has 83 heavy (non-hydrogen) atoms. The quantitative estimate of drug-likeness (QED) is 0.159. The van der Waals surface area contributed by atoms with Gasteiger partial charge in [-0.05, 0) is 168 Å². The molecule has 0 unspecified atom stereocenters. The molecule has 4 aliphatic rings. The Morgan fingerprint density at radius 2 is 0.506 bits per heavy atom. The summed E-state index contributed by atoms with van der Waals surface area (Å²) in [5, 5.41) is 0. The number of fused-ring (bicyclic) bond motifs is 18. The van der Waals surface area contributed by atoms with Gasteiger partial charge in [0.25, 0.3) is 0 Å². The predicted octanol–water partition coefficient (Wildman–Crippen LogP) is 20.8. The van der Waals surface area contributed by atoms with E-state index in [1.807, 2.05) is 0 Å². The number of benzene rings is 13. The topological polar surface area (TPSA) is 21.7 Å². The van der Waals surface area contributed by atoms with E-state index in [9.17, 15) is 0 Å². The first-order chi connectivity index (χ1) is 41.1. The summed E-state index contributed by atoms with van der Waals surface area (Å²) in [6.07, 6.45) is 0. The minimum absolute atomic E-state index is 0.509. The molecule has 0 saturated carbocycles. The summed E-state index contributed by atoms with van der Waals surface area (Å²) in [6.45, 7) is 0. The average molecular weight is 1060 g/mol. The number of ether oxygens (including phenoxy) is 2. The molecular weight excluding hydrogens is 1010 g/mol. The van der Waals surface area contributed by atoms with Crippen molar-refractivity contribution < 1.29 is 9.47 Å². The van der Waals surface area contributed by atoms with E-state index in [1.54, 1.807) is 0 Å². The summed E-state index contributed by atoms with van der Waals surface area (Å²) in [6, 6.07) is 113. The Labute approximate surface area is 483 Å². The molecule has 0 fully saturated rings. The molecule has 0 atom stereocenters. The van der Waals surface area contributed by atoms with Crippen LogP contribution in [0.2, 0.25) is 0 Å². The Morgan fingerprint density at radius 3 is 0.964 bits per heavy atom. The van der Waals surface area contributed by atoms with Crippen molar-refractivity contribution in [3.63, 3.8) is 0 Å². The van der Waals surface area contributed by atoms with Gasteiger partial charge in [-0.3, -0.25) is 0 Å². The third kappa shape index (κ3) is 6.98. The molecule has 13 aromatic rings. The summed E-state index contributed by atoms with van der Waals surface area (Å²) >= 11 is 0. The Hall–Kier alpha value is -10.7. The lowest BCUT2D eigenvalue weighted by atomic mass is 9.66. The number of hydrogen-bond donors (Lipinski definition) is 0. The molecule has 0 saturated heterocycles. The maximum atomic E-state index is 6.63. The molecule has 2 aliphatic carbocycles. The van der Waals surface area contributed by atoms with Crippen LogP contribution in [-0.2, 0) is 10.8 Å². The van der Waals surface area contributed by atoms with Crippen LogP contribution >= 0.6 is 0 Å². The lowest BCUT2D eigenvalue weighted by Crippen LogP contribution is -2.32. The Kier molecular flexibility index (Phi) is 10.4. The second-order valence-electron chi connectivity index (χ2n) is 22.2. The van der Waals surface area contributed by atoms with Gasteiger partial charge in [-0.25, -0.2) is 0 Å². The molecule has 17 rings (SSSR count). The van der Waals surface area contributed by atoms with Crippen molar-refractivity contribution in [1.82, 2.24) is 0 Å². The van der Waals surface area contributed by atoms with Crippen LogP contribution in [0.3, 0.4) is 0 Å². The first-order valence-electron chi connectivity index (χ1n) is 28.6. The van der Waals surface area contributed by atoms with Gasteiger partial charge >= 0.3 is 0 Å². The van der Waals surface area contributed by atoms with Crippen molar-refractivity contribution in [3.8, 4) is 89.8 Å². The number of anilines is 3. The standard InChI is InChI=1S/C80H51NO2/c1-2-18-52(19-3-1)55-20-16-21-56(48-55)53-36-42-60(43-37-53)81(61-44-38-54(39-45-61)58-40-46-69-65(50-58)63-24-4-6-26-67(63)79(69)71-28-8-12-32-75(71)82-76-33-13-9-29-72(76)79)62-23-17-22-57(49-62)59-41-47-70-66(51-59)64-25-5-7-27-68(64)80(70)73-30-10-14-34-77(73)83-78-35-15-11-31-74(78)80/h1-51H. The zero-order valence-corrected chi connectivity index (χ0v) is 45.2. The molecule has 2 heterocycles. The molecular formula is C80H51NO2. The lowest BCUT2D eigenvalue weighted by molar-refractivity contribution is 0.436. The molecule has 13 aromatic carbocycles. The average Bonchev–Trinajstić information content (AvgIpc) is 1.73. The number of para-hydroxylation sites is 4. The predicted molar refractivity (Wildman–Crippen MR) is 338 cm³/mol. The molecule has 0 aromatic heterocycles. The summed E-state index contributed by atoms with van der Waals surface area (Å²) in [5.41, 5.74) is 26.3. The van der Waals surface area contributed by atoms with E-state index in [2.05, 4.69) is 314 Å². The van der Waals surface area contributed by atoms with Gasteiger partial charge in [-0.2, -0.15) is 0 Å². The van der Waals surface area contributed by atoms with E-state index in [1.165, 1.54) is 89.0 Å². The van der Waals surface area contributed by atoms with Crippen LogP contribution in [-0.4, -0.2) is 0 Å². The number of hydrogen-bond acceptors (Lipinski definition) is 3. The molecule has 2 aliphatic heterocycles. The Bertz CT molecular complexity index is 4660. The van der Waals surface area contributed by atoms with Crippen LogP contribution in [0.5, 0.6) is 23.0 Å². The Morgan fingerprint density at radius 1 is 0.193 bits per heavy atom. The van der Waals surface area contributed by atoms with Crippen molar-refractivity contribution in [3.05, 3.63) is 354 Å². The summed E-state index contributed by atoms with van der Waals surface area (Å²) in [5.74, 6) is 3.59. The molecule has 0 bridgehead atoms. The first kappa shape index (κ1) is 47.1. The van der Waals surface area contributed by atoms with E-state index in [0.29, 0.717) is 0 Å². The maximum Gasteiger partial charge on any atom is 0.132 e. The fraction of sp³-hybridized carbons (Fsp3) is 0.0250. The summed E-state index contributed by atoms with van der Waals surface area (Å²) in [4.78, 5) is 2.40. The highest BCUT2D eigenvalue weighted by atomic mass is 16.5. The van der Waals surface area contributed by atoms with Crippen LogP contribution in [0.15, 0.2) is 309 Å². The van der Waals surface area contributed by atoms with Crippen molar-refractivity contribution in [1.29, 1.82) is 0 Å². The fourth-order valence-electron chi connectivity index (χ4n) is 14.5. The number of nitrogens with zero attached hydrogens (tertiary/aromatic N) is 1. The van der Waals surface area contributed by atoms with Gasteiger partial charge in [-0.15, -0.1) is 0 Å². The molecule has 2 spiro atoms. The van der Waals surface area contributed by atoms with Gasteiger partial charge in [-0.1, -0.05) is 231 Å². The Balaban J connectivity index is 0.776. The summed E-state index contributed by atoms with van der Waals surface area (Å²) < 4.78 is 13.2. The normalized spacial score (nSPS) is 13.7. The van der Waals surface area contributed by atoms with Gasteiger partial charge in [0, 0.05) is 39.3 Å². The van der Waals surface area contributed by atoms with Gasteiger partial charge in [0.15, 0.2) is 0 Å².